The zero-order chi connectivity index (χ0) is 20.5. The molecular weight excluding hydrogens is 354 g/mol. The maximum Gasteiger partial charge on any atom is 0.256 e. The van der Waals surface area contributed by atoms with Crippen LogP contribution in [0.15, 0.2) is 41.6 Å². The lowest BCUT2D eigenvalue weighted by molar-refractivity contribution is 0.0766. The Bertz CT molecular complexity index is 892. The van der Waals surface area contributed by atoms with Gasteiger partial charge in [0.15, 0.2) is 5.78 Å². The molecule has 146 valence electrons. The number of benzene rings is 1. The number of anilines is 1. The number of ketones is 1. The molecule has 0 aliphatic carbocycles. The second-order valence-corrected chi connectivity index (χ2v) is 6.28. The molecule has 0 bridgehead atoms. The number of pyridine rings is 1. The summed E-state index contributed by atoms with van der Waals surface area (Å²) in [7, 11) is 0. The van der Waals surface area contributed by atoms with E-state index in [1.807, 2.05) is 26.0 Å². The minimum Gasteiger partial charge on any atom is -0.338 e. The van der Waals surface area contributed by atoms with Gasteiger partial charge in [-0.3, -0.25) is 20.0 Å². The zero-order valence-corrected chi connectivity index (χ0v) is 16.4. The summed E-state index contributed by atoms with van der Waals surface area (Å²) >= 11 is 0. The molecule has 7 nitrogen and oxygen atoms in total. The number of hydrogen-bond donors (Lipinski definition) is 2. The molecule has 28 heavy (non-hydrogen) atoms. The summed E-state index contributed by atoms with van der Waals surface area (Å²) in [5, 5.41) is 10.9. The number of nitrogens with one attached hydrogen (secondary N) is 2. The summed E-state index contributed by atoms with van der Waals surface area (Å²) in [4.78, 5) is 30.6. The number of hydrazone groups is 1. The Kier molecular flexibility index (Phi) is 7.56. The first-order valence-corrected chi connectivity index (χ1v) is 9.10. The highest BCUT2D eigenvalue weighted by atomic mass is 16.2. The summed E-state index contributed by atoms with van der Waals surface area (Å²) in [5.41, 5.74) is 6.26. The Balaban J connectivity index is 2.12. The van der Waals surface area contributed by atoms with E-state index >= 15 is 0 Å². The van der Waals surface area contributed by atoms with Crippen LogP contribution in [0.3, 0.4) is 0 Å². The number of amides is 1. The van der Waals surface area contributed by atoms with Gasteiger partial charge in [0.2, 0.25) is 0 Å². The first kappa shape index (κ1) is 21.0. The van der Waals surface area contributed by atoms with Crippen molar-refractivity contribution in [1.82, 2.24) is 9.88 Å². The van der Waals surface area contributed by atoms with Crippen LogP contribution in [0, 0.1) is 12.3 Å². The van der Waals surface area contributed by atoms with Crippen molar-refractivity contribution in [2.24, 2.45) is 5.10 Å². The third kappa shape index (κ3) is 5.33. The van der Waals surface area contributed by atoms with Crippen LogP contribution in [0.25, 0.3) is 0 Å². The SMILES string of the molecule is CCN(CCc1cc(C)c(C(C)=O)cn1)C(=O)c1ccccc1N/N=C\C=N. The summed E-state index contributed by atoms with van der Waals surface area (Å²) < 4.78 is 0. The van der Waals surface area contributed by atoms with Crippen molar-refractivity contribution < 1.29 is 9.59 Å². The van der Waals surface area contributed by atoms with Gasteiger partial charge in [0.25, 0.3) is 5.91 Å². The van der Waals surface area contributed by atoms with Gasteiger partial charge in [0, 0.05) is 43.2 Å². The van der Waals surface area contributed by atoms with Gasteiger partial charge in [0.05, 0.1) is 17.5 Å². The van der Waals surface area contributed by atoms with Crippen LogP contribution < -0.4 is 5.43 Å². The van der Waals surface area contributed by atoms with Crippen molar-refractivity contribution >= 4 is 29.8 Å². The molecule has 1 amide bonds. The summed E-state index contributed by atoms with van der Waals surface area (Å²) in [6.07, 6.45) is 4.56. The Morgan fingerprint density at radius 2 is 2.04 bits per heavy atom. The van der Waals surface area contributed by atoms with Crippen molar-refractivity contribution in [3.63, 3.8) is 0 Å². The van der Waals surface area contributed by atoms with E-state index in [0.717, 1.165) is 17.5 Å². The molecule has 0 fully saturated rings. The van der Waals surface area contributed by atoms with E-state index in [-0.39, 0.29) is 11.7 Å². The molecular formula is C21H25N5O2. The van der Waals surface area contributed by atoms with Gasteiger partial charge in [-0.25, -0.2) is 0 Å². The predicted molar refractivity (Wildman–Crippen MR) is 112 cm³/mol. The molecule has 7 heteroatoms. The molecule has 0 radical (unpaired) electrons. The maximum atomic E-state index is 13.0. The smallest absolute Gasteiger partial charge is 0.256 e. The number of carbonyl (C=O) groups excluding carboxylic acids is 2. The molecule has 0 unspecified atom stereocenters. The van der Waals surface area contributed by atoms with E-state index in [0.29, 0.717) is 36.3 Å². The molecule has 0 spiro atoms. The van der Waals surface area contributed by atoms with Gasteiger partial charge in [-0.05, 0) is 44.5 Å². The third-order valence-electron chi connectivity index (χ3n) is 4.35. The largest absolute Gasteiger partial charge is 0.338 e. The van der Waals surface area contributed by atoms with Crippen molar-refractivity contribution in [3.05, 3.63) is 58.9 Å². The van der Waals surface area contributed by atoms with Gasteiger partial charge in [-0.15, -0.1) is 0 Å². The van der Waals surface area contributed by atoms with Crippen molar-refractivity contribution in [2.45, 2.75) is 27.2 Å². The first-order chi connectivity index (χ1) is 13.5. The molecule has 0 aliphatic rings. The molecule has 0 aliphatic heterocycles. The number of carbonyl (C=O) groups is 2. The Morgan fingerprint density at radius 3 is 2.68 bits per heavy atom. The van der Waals surface area contributed by atoms with Gasteiger partial charge in [-0.1, -0.05) is 12.1 Å². The average molecular weight is 379 g/mol. The number of likely N-dealkylation sites (N-methyl/N-ethyl adjacent to an activating group) is 1. The number of hydrogen-bond acceptors (Lipinski definition) is 6. The zero-order valence-electron chi connectivity index (χ0n) is 16.4. The van der Waals surface area contributed by atoms with Crippen molar-refractivity contribution in [1.29, 1.82) is 5.41 Å². The van der Waals surface area contributed by atoms with Crippen molar-refractivity contribution in [3.8, 4) is 0 Å². The second-order valence-electron chi connectivity index (χ2n) is 6.28. The van der Waals surface area contributed by atoms with Gasteiger partial charge in [-0.2, -0.15) is 5.10 Å². The standard InChI is InChI=1S/C21H25N5O2/c1-4-26(12-9-17-13-15(2)19(14-23-17)16(3)27)21(28)18-7-5-6-8-20(18)25-24-11-10-22/h5-8,10-11,13-14,22,25H,4,9,12H2,1-3H3/b22-10?,24-11-. The highest BCUT2D eigenvalue weighted by Crippen LogP contribution is 2.18. The van der Waals surface area contributed by atoms with Crippen LogP contribution in [0.2, 0.25) is 0 Å². The monoisotopic (exact) mass is 379 g/mol. The summed E-state index contributed by atoms with van der Waals surface area (Å²) in [5.74, 6) is -0.107. The number of para-hydroxylation sites is 1. The Morgan fingerprint density at radius 1 is 1.29 bits per heavy atom. The van der Waals surface area contributed by atoms with Crippen LogP contribution in [0.4, 0.5) is 5.69 Å². The van der Waals surface area contributed by atoms with Crippen LogP contribution >= 0.6 is 0 Å². The maximum absolute atomic E-state index is 13.0. The first-order valence-electron chi connectivity index (χ1n) is 9.10. The molecule has 0 saturated carbocycles. The van der Waals surface area contributed by atoms with Crippen LogP contribution in [-0.2, 0) is 6.42 Å². The fraction of sp³-hybridized carbons (Fsp3) is 0.286. The normalized spacial score (nSPS) is 10.7. The van der Waals surface area contributed by atoms with E-state index in [1.165, 1.54) is 13.1 Å². The molecule has 0 saturated heterocycles. The van der Waals surface area contributed by atoms with Gasteiger partial charge in [0.1, 0.15) is 0 Å². The molecule has 1 aromatic carbocycles. The van der Waals surface area contributed by atoms with E-state index in [1.54, 1.807) is 29.3 Å². The number of rotatable bonds is 9. The molecule has 0 atom stereocenters. The minimum absolute atomic E-state index is 0.00306. The lowest BCUT2D eigenvalue weighted by Gasteiger charge is -2.22. The number of aryl methyl sites for hydroxylation is 1. The van der Waals surface area contributed by atoms with Crippen molar-refractivity contribution in [2.75, 3.05) is 18.5 Å². The highest BCUT2D eigenvalue weighted by Gasteiger charge is 2.17. The second kappa shape index (κ2) is 10.1. The molecule has 1 aromatic heterocycles. The van der Waals surface area contributed by atoms with E-state index in [9.17, 15) is 9.59 Å². The molecule has 2 N–H and O–H groups in total. The molecule has 2 aromatic rings. The van der Waals surface area contributed by atoms with Crippen LogP contribution in [-0.4, -0.2) is 47.1 Å². The molecule has 1 heterocycles. The lowest BCUT2D eigenvalue weighted by Crippen LogP contribution is -2.33. The number of nitrogens with zero attached hydrogens (tertiary/aromatic N) is 3. The third-order valence-corrected chi connectivity index (χ3v) is 4.35. The highest BCUT2D eigenvalue weighted by molar-refractivity contribution is 6.14. The predicted octanol–water partition coefficient (Wildman–Crippen LogP) is 3.34. The fourth-order valence-corrected chi connectivity index (χ4v) is 2.85. The van der Waals surface area contributed by atoms with Gasteiger partial charge < -0.3 is 10.3 Å². The van der Waals surface area contributed by atoms with E-state index < -0.39 is 0 Å². The summed E-state index contributed by atoms with van der Waals surface area (Å²) in [6.45, 7) is 6.42. The number of Topliss-reactive ketones (excluding diaryl/α,β-unsaturated/α-hetero) is 1. The Labute approximate surface area is 165 Å². The average Bonchev–Trinajstić information content (AvgIpc) is 2.68. The quantitative estimate of drug-likeness (QED) is 0.396. The van der Waals surface area contributed by atoms with Crippen LogP contribution in [0.5, 0.6) is 0 Å². The molecule has 2 rings (SSSR count). The van der Waals surface area contributed by atoms with E-state index in [4.69, 9.17) is 5.41 Å². The fourth-order valence-electron chi connectivity index (χ4n) is 2.85. The minimum atomic E-state index is -0.104. The topological polar surface area (TPSA) is 98.5 Å². The van der Waals surface area contributed by atoms with E-state index in [2.05, 4.69) is 15.5 Å². The summed E-state index contributed by atoms with van der Waals surface area (Å²) in [6, 6.07) is 9.04. The number of aromatic nitrogens is 1. The Hall–Kier alpha value is -3.35. The van der Waals surface area contributed by atoms with Crippen LogP contribution in [0.1, 0.15) is 45.8 Å². The van der Waals surface area contributed by atoms with Gasteiger partial charge >= 0.3 is 0 Å². The lowest BCUT2D eigenvalue weighted by atomic mass is 10.1.